The molecular formula is C13H28N2O. The van der Waals surface area contributed by atoms with Crippen molar-refractivity contribution in [3.8, 4) is 0 Å². The molecule has 1 N–H and O–H groups in total. The summed E-state index contributed by atoms with van der Waals surface area (Å²) in [5, 5.41) is 3.47. The average molecular weight is 228 g/mol. The topological polar surface area (TPSA) is 24.5 Å². The molecule has 1 fully saturated rings. The fraction of sp³-hybridized carbons (Fsp3) is 1.00. The smallest absolute Gasteiger partial charge is 0.0589 e. The van der Waals surface area contributed by atoms with Gasteiger partial charge in [-0.3, -0.25) is 4.90 Å². The molecule has 0 saturated heterocycles. The van der Waals surface area contributed by atoms with Crippen LogP contribution in [0.5, 0.6) is 0 Å². The molecule has 1 aliphatic carbocycles. The van der Waals surface area contributed by atoms with Gasteiger partial charge in [-0.2, -0.15) is 0 Å². The van der Waals surface area contributed by atoms with Crippen molar-refractivity contribution in [1.82, 2.24) is 10.2 Å². The van der Waals surface area contributed by atoms with Crippen LogP contribution in [0.2, 0.25) is 0 Å². The predicted octanol–water partition coefficient (Wildman–Crippen LogP) is 1.73. The van der Waals surface area contributed by atoms with Crippen molar-refractivity contribution in [1.29, 1.82) is 0 Å². The Kier molecular flexibility index (Phi) is 5.22. The molecule has 16 heavy (non-hydrogen) atoms. The van der Waals surface area contributed by atoms with Crippen LogP contribution in [0.3, 0.4) is 0 Å². The van der Waals surface area contributed by atoms with Crippen LogP contribution in [0.1, 0.15) is 33.1 Å². The molecule has 0 bridgehead atoms. The van der Waals surface area contributed by atoms with E-state index in [0.717, 1.165) is 13.2 Å². The van der Waals surface area contributed by atoms with Crippen molar-refractivity contribution < 1.29 is 4.74 Å². The Bertz CT molecular complexity index is 206. The predicted molar refractivity (Wildman–Crippen MR) is 68.8 cm³/mol. The van der Waals surface area contributed by atoms with Crippen molar-refractivity contribution in [2.24, 2.45) is 5.41 Å². The van der Waals surface area contributed by atoms with Crippen LogP contribution >= 0.6 is 0 Å². The summed E-state index contributed by atoms with van der Waals surface area (Å²) in [7, 11) is 6.07. The first kappa shape index (κ1) is 13.9. The van der Waals surface area contributed by atoms with Gasteiger partial charge in [-0.05, 0) is 38.8 Å². The number of nitrogens with one attached hydrogen (secondary N) is 1. The van der Waals surface area contributed by atoms with E-state index in [4.69, 9.17) is 4.74 Å². The number of hydrogen-bond donors (Lipinski definition) is 1. The Balaban J connectivity index is 2.57. The van der Waals surface area contributed by atoms with E-state index in [0.29, 0.717) is 17.5 Å². The zero-order valence-corrected chi connectivity index (χ0v) is 11.5. The second kappa shape index (κ2) is 5.99. The van der Waals surface area contributed by atoms with E-state index in [1.54, 1.807) is 7.11 Å². The third-order valence-corrected chi connectivity index (χ3v) is 3.94. The summed E-state index contributed by atoms with van der Waals surface area (Å²) in [6, 6.07) is 1.28. The van der Waals surface area contributed by atoms with Crippen molar-refractivity contribution in [2.75, 3.05) is 34.4 Å². The molecule has 0 aromatic rings. The lowest BCUT2D eigenvalue weighted by Gasteiger charge is -2.44. The Morgan fingerprint density at radius 3 is 2.69 bits per heavy atom. The maximum atomic E-state index is 5.16. The fourth-order valence-electron chi connectivity index (χ4n) is 2.75. The number of methoxy groups -OCH3 is 1. The second-order valence-corrected chi connectivity index (χ2v) is 5.84. The Morgan fingerprint density at radius 1 is 1.44 bits per heavy atom. The molecule has 0 spiro atoms. The molecule has 2 atom stereocenters. The van der Waals surface area contributed by atoms with Gasteiger partial charge in [0.15, 0.2) is 0 Å². The summed E-state index contributed by atoms with van der Waals surface area (Å²) in [4.78, 5) is 2.45. The average Bonchev–Trinajstić information content (AvgIpc) is 2.24. The van der Waals surface area contributed by atoms with Crippen LogP contribution in [-0.4, -0.2) is 51.3 Å². The number of ether oxygens (including phenoxy) is 1. The Morgan fingerprint density at radius 2 is 2.12 bits per heavy atom. The summed E-state index contributed by atoms with van der Waals surface area (Å²) >= 11 is 0. The quantitative estimate of drug-likeness (QED) is 0.775. The molecule has 2 unspecified atom stereocenters. The molecule has 3 heteroatoms. The highest BCUT2D eigenvalue weighted by Crippen LogP contribution is 2.37. The van der Waals surface area contributed by atoms with E-state index in [1.807, 2.05) is 0 Å². The lowest BCUT2D eigenvalue weighted by Crippen LogP contribution is -2.53. The molecular weight excluding hydrogens is 200 g/mol. The van der Waals surface area contributed by atoms with Crippen LogP contribution < -0.4 is 5.32 Å². The summed E-state index contributed by atoms with van der Waals surface area (Å²) < 4.78 is 5.16. The Hall–Kier alpha value is -0.120. The van der Waals surface area contributed by atoms with Crippen molar-refractivity contribution >= 4 is 0 Å². The van der Waals surface area contributed by atoms with Crippen LogP contribution in [0, 0.1) is 5.41 Å². The largest absolute Gasteiger partial charge is 0.383 e. The van der Waals surface area contributed by atoms with Crippen molar-refractivity contribution in [3.05, 3.63) is 0 Å². The van der Waals surface area contributed by atoms with Gasteiger partial charge >= 0.3 is 0 Å². The molecule has 3 nitrogen and oxygen atoms in total. The van der Waals surface area contributed by atoms with Crippen LogP contribution in [0.25, 0.3) is 0 Å². The van der Waals surface area contributed by atoms with E-state index in [9.17, 15) is 0 Å². The lowest BCUT2D eigenvalue weighted by molar-refractivity contribution is 0.0646. The van der Waals surface area contributed by atoms with E-state index in [1.165, 1.54) is 19.3 Å². The van der Waals surface area contributed by atoms with Gasteiger partial charge in [0.05, 0.1) is 6.61 Å². The number of rotatable bonds is 5. The van der Waals surface area contributed by atoms with Crippen LogP contribution in [-0.2, 0) is 4.74 Å². The molecule has 1 aliphatic rings. The normalized spacial score (nSPS) is 29.6. The van der Waals surface area contributed by atoms with Gasteiger partial charge in [-0.1, -0.05) is 13.8 Å². The van der Waals surface area contributed by atoms with Crippen LogP contribution in [0.4, 0.5) is 0 Å². The first-order valence-electron chi connectivity index (χ1n) is 6.36. The summed E-state index contributed by atoms with van der Waals surface area (Å²) in [5.41, 5.74) is 0.485. The van der Waals surface area contributed by atoms with Gasteiger partial charge < -0.3 is 10.1 Å². The van der Waals surface area contributed by atoms with Gasteiger partial charge in [-0.15, -0.1) is 0 Å². The van der Waals surface area contributed by atoms with Crippen molar-refractivity contribution in [3.63, 3.8) is 0 Å². The molecule has 0 aromatic carbocycles. The van der Waals surface area contributed by atoms with Gasteiger partial charge in [0, 0.05) is 25.7 Å². The van der Waals surface area contributed by atoms with E-state index >= 15 is 0 Å². The molecule has 0 aromatic heterocycles. The molecule has 0 amide bonds. The third kappa shape index (κ3) is 3.72. The first-order valence-corrected chi connectivity index (χ1v) is 6.36. The molecule has 1 saturated carbocycles. The minimum atomic E-state index is 0.485. The third-order valence-electron chi connectivity index (χ3n) is 3.94. The minimum Gasteiger partial charge on any atom is -0.383 e. The highest BCUT2D eigenvalue weighted by molar-refractivity contribution is 4.93. The van der Waals surface area contributed by atoms with Gasteiger partial charge in [0.1, 0.15) is 0 Å². The zero-order chi connectivity index (χ0) is 12.2. The molecule has 96 valence electrons. The summed E-state index contributed by atoms with van der Waals surface area (Å²) in [5.74, 6) is 0. The molecule has 1 rings (SSSR count). The first-order chi connectivity index (χ1) is 7.50. The summed E-state index contributed by atoms with van der Waals surface area (Å²) in [6.45, 7) is 6.62. The zero-order valence-electron chi connectivity index (χ0n) is 11.5. The van der Waals surface area contributed by atoms with Crippen molar-refractivity contribution in [2.45, 2.75) is 45.2 Å². The second-order valence-electron chi connectivity index (χ2n) is 5.84. The monoisotopic (exact) mass is 228 g/mol. The fourth-order valence-corrected chi connectivity index (χ4v) is 2.75. The molecule has 0 radical (unpaired) electrons. The highest BCUT2D eigenvalue weighted by atomic mass is 16.5. The number of hydrogen-bond acceptors (Lipinski definition) is 3. The maximum absolute atomic E-state index is 5.16. The van der Waals surface area contributed by atoms with Gasteiger partial charge in [-0.25, -0.2) is 0 Å². The van der Waals surface area contributed by atoms with Gasteiger partial charge in [0.2, 0.25) is 0 Å². The van der Waals surface area contributed by atoms with E-state index in [2.05, 4.69) is 38.2 Å². The van der Waals surface area contributed by atoms with Gasteiger partial charge in [0.25, 0.3) is 0 Å². The molecule has 0 heterocycles. The van der Waals surface area contributed by atoms with E-state index < -0.39 is 0 Å². The number of nitrogens with zero attached hydrogens (tertiary/aromatic N) is 1. The standard InChI is InChI=1S/C13H28N2O/c1-13(2)7-6-11(14-3)12(10-13)15(4)8-9-16-5/h11-12,14H,6-10H2,1-5H3. The van der Waals surface area contributed by atoms with E-state index in [-0.39, 0.29) is 0 Å². The van der Waals surface area contributed by atoms with Crippen LogP contribution in [0.15, 0.2) is 0 Å². The maximum Gasteiger partial charge on any atom is 0.0589 e. The minimum absolute atomic E-state index is 0.485. The number of likely N-dealkylation sites (N-methyl/N-ethyl adjacent to an activating group) is 2. The summed E-state index contributed by atoms with van der Waals surface area (Å²) in [6.07, 6.45) is 3.89. The lowest BCUT2D eigenvalue weighted by atomic mass is 9.72. The molecule has 0 aliphatic heterocycles. The Labute approximate surface area is 101 Å². The SMILES string of the molecule is CNC1CCC(C)(C)CC1N(C)CCOC. The highest BCUT2D eigenvalue weighted by Gasteiger charge is 2.35.